The Balaban J connectivity index is 2.99. The Kier molecular flexibility index (Phi) is 3.60. The minimum Gasteiger partial charge on any atom is -0.382 e. The summed E-state index contributed by atoms with van der Waals surface area (Å²) in [4.78, 5) is 6.57. The predicted molar refractivity (Wildman–Crippen MR) is 62.9 cm³/mol. The van der Waals surface area contributed by atoms with E-state index in [1.54, 1.807) is 7.11 Å². The first-order valence-corrected chi connectivity index (χ1v) is 5.54. The molecule has 1 heterocycles. The fourth-order valence-corrected chi connectivity index (χ4v) is 2.37. The molecule has 1 atom stereocenters. The lowest BCUT2D eigenvalue weighted by molar-refractivity contribution is 0.0209. The summed E-state index contributed by atoms with van der Waals surface area (Å²) >= 11 is 0. The van der Waals surface area contributed by atoms with Crippen LogP contribution in [0.25, 0.3) is 0 Å². The summed E-state index contributed by atoms with van der Waals surface area (Å²) in [5.74, 6) is 1.11. The lowest BCUT2D eigenvalue weighted by Gasteiger charge is -2.44. The zero-order chi connectivity index (χ0) is 11.6. The van der Waals surface area contributed by atoms with Crippen molar-refractivity contribution in [1.82, 2.24) is 4.90 Å². The second-order valence-electron chi connectivity index (χ2n) is 4.83. The molecule has 0 aromatic rings. The molecule has 4 nitrogen and oxygen atoms in total. The van der Waals surface area contributed by atoms with Crippen molar-refractivity contribution in [2.45, 2.75) is 39.3 Å². The standard InChI is InChI=1S/C11H23N3O/c1-8(2)11(7-15-5)6-13-10(12)14(11)9(3)4/h8-9H,6-7H2,1-5H3,(H2,12,13). The SMILES string of the molecule is COCC1(C(C)C)CN=C(N)N1C(C)C. The van der Waals surface area contributed by atoms with Gasteiger partial charge in [-0.3, -0.25) is 4.99 Å². The van der Waals surface area contributed by atoms with Crippen molar-refractivity contribution in [2.75, 3.05) is 20.3 Å². The molecule has 0 spiro atoms. The first-order valence-electron chi connectivity index (χ1n) is 5.54. The van der Waals surface area contributed by atoms with Gasteiger partial charge in [0.25, 0.3) is 0 Å². The Morgan fingerprint density at radius 1 is 1.47 bits per heavy atom. The molecule has 4 heteroatoms. The third-order valence-electron chi connectivity index (χ3n) is 3.23. The molecule has 88 valence electrons. The van der Waals surface area contributed by atoms with Crippen LogP contribution >= 0.6 is 0 Å². The summed E-state index contributed by atoms with van der Waals surface area (Å²) < 4.78 is 5.35. The third-order valence-corrected chi connectivity index (χ3v) is 3.23. The molecular weight excluding hydrogens is 190 g/mol. The molecule has 15 heavy (non-hydrogen) atoms. The molecule has 1 aliphatic rings. The van der Waals surface area contributed by atoms with Crippen molar-refractivity contribution in [3.8, 4) is 0 Å². The number of nitrogens with two attached hydrogens (primary N) is 1. The quantitative estimate of drug-likeness (QED) is 0.760. The Morgan fingerprint density at radius 2 is 2.07 bits per heavy atom. The van der Waals surface area contributed by atoms with E-state index in [2.05, 4.69) is 37.6 Å². The fourth-order valence-electron chi connectivity index (χ4n) is 2.37. The van der Waals surface area contributed by atoms with Gasteiger partial charge in [0.05, 0.1) is 18.7 Å². The summed E-state index contributed by atoms with van der Waals surface area (Å²) in [6.07, 6.45) is 0. The van der Waals surface area contributed by atoms with Crippen molar-refractivity contribution in [2.24, 2.45) is 16.6 Å². The zero-order valence-corrected chi connectivity index (χ0v) is 10.4. The predicted octanol–water partition coefficient (Wildman–Crippen LogP) is 1.07. The number of hydrogen-bond donors (Lipinski definition) is 1. The van der Waals surface area contributed by atoms with Crippen LogP contribution in [0.15, 0.2) is 4.99 Å². The Labute approximate surface area is 92.5 Å². The molecule has 2 N–H and O–H groups in total. The molecule has 0 radical (unpaired) electrons. The molecule has 0 fully saturated rings. The molecule has 1 unspecified atom stereocenters. The number of hydrogen-bond acceptors (Lipinski definition) is 4. The molecule has 1 rings (SSSR count). The van der Waals surface area contributed by atoms with Gasteiger partial charge in [0, 0.05) is 13.2 Å². The van der Waals surface area contributed by atoms with Gasteiger partial charge in [0.15, 0.2) is 5.96 Å². The van der Waals surface area contributed by atoms with Gasteiger partial charge in [-0.15, -0.1) is 0 Å². The third kappa shape index (κ3) is 1.95. The molecular formula is C11H23N3O. The molecule has 0 aromatic carbocycles. The van der Waals surface area contributed by atoms with Gasteiger partial charge in [-0.1, -0.05) is 13.8 Å². The van der Waals surface area contributed by atoms with E-state index in [1.165, 1.54) is 0 Å². The molecule has 0 bridgehead atoms. The topological polar surface area (TPSA) is 50.9 Å². The maximum atomic E-state index is 5.94. The van der Waals surface area contributed by atoms with Crippen LogP contribution < -0.4 is 5.73 Å². The summed E-state index contributed by atoms with van der Waals surface area (Å²) in [7, 11) is 1.73. The van der Waals surface area contributed by atoms with Crippen LogP contribution in [0.3, 0.4) is 0 Å². The second-order valence-corrected chi connectivity index (χ2v) is 4.83. The minimum atomic E-state index is -0.0625. The summed E-state index contributed by atoms with van der Waals surface area (Å²) in [6, 6.07) is 0.355. The molecule has 0 aromatic heterocycles. The Hall–Kier alpha value is -0.770. The number of guanidine groups is 1. The van der Waals surface area contributed by atoms with Crippen LogP contribution in [0.5, 0.6) is 0 Å². The van der Waals surface area contributed by atoms with Crippen LogP contribution in [0.1, 0.15) is 27.7 Å². The highest BCUT2D eigenvalue weighted by molar-refractivity contribution is 5.81. The van der Waals surface area contributed by atoms with E-state index < -0.39 is 0 Å². The highest BCUT2D eigenvalue weighted by Gasteiger charge is 2.45. The average molecular weight is 213 g/mol. The van der Waals surface area contributed by atoms with E-state index in [9.17, 15) is 0 Å². The van der Waals surface area contributed by atoms with E-state index in [4.69, 9.17) is 10.5 Å². The Bertz CT molecular complexity index is 250. The summed E-state index contributed by atoms with van der Waals surface area (Å²) in [6.45, 7) is 10.1. The highest BCUT2D eigenvalue weighted by atomic mass is 16.5. The first-order chi connectivity index (χ1) is 6.95. The van der Waals surface area contributed by atoms with Crippen molar-refractivity contribution >= 4 is 5.96 Å². The van der Waals surface area contributed by atoms with E-state index in [0.29, 0.717) is 24.5 Å². The van der Waals surface area contributed by atoms with Gasteiger partial charge in [-0.05, 0) is 19.8 Å². The molecule has 0 aliphatic carbocycles. The molecule has 0 saturated carbocycles. The maximum absolute atomic E-state index is 5.94. The molecule has 1 aliphatic heterocycles. The highest BCUT2D eigenvalue weighted by Crippen LogP contribution is 2.31. The van der Waals surface area contributed by atoms with Gasteiger partial charge in [0.2, 0.25) is 0 Å². The average Bonchev–Trinajstić information content (AvgIpc) is 2.45. The van der Waals surface area contributed by atoms with Gasteiger partial charge in [0.1, 0.15) is 0 Å². The monoisotopic (exact) mass is 213 g/mol. The van der Waals surface area contributed by atoms with Gasteiger partial charge >= 0.3 is 0 Å². The number of aliphatic imine (C=N–C) groups is 1. The van der Waals surface area contributed by atoms with Crippen molar-refractivity contribution in [3.05, 3.63) is 0 Å². The number of methoxy groups -OCH3 is 1. The normalized spacial score (nSPS) is 26.6. The van der Waals surface area contributed by atoms with E-state index >= 15 is 0 Å². The van der Waals surface area contributed by atoms with Gasteiger partial charge in [-0.25, -0.2) is 0 Å². The Morgan fingerprint density at radius 3 is 2.47 bits per heavy atom. The lowest BCUT2D eigenvalue weighted by atomic mass is 9.85. The summed E-state index contributed by atoms with van der Waals surface area (Å²) in [5.41, 5.74) is 5.88. The molecule has 0 saturated heterocycles. The van der Waals surface area contributed by atoms with E-state index in [1.807, 2.05) is 0 Å². The van der Waals surface area contributed by atoms with Crippen LogP contribution in [0.4, 0.5) is 0 Å². The largest absolute Gasteiger partial charge is 0.382 e. The number of nitrogens with zero attached hydrogens (tertiary/aromatic N) is 2. The van der Waals surface area contributed by atoms with Crippen molar-refractivity contribution < 1.29 is 4.74 Å². The first kappa shape index (κ1) is 12.3. The maximum Gasteiger partial charge on any atom is 0.192 e. The fraction of sp³-hybridized carbons (Fsp3) is 0.909. The van der Waals surface area contributed by atoms with Crippen LogP contribution in [0, 0.1) is 5.92 Å². The van der Waals surface area contributed by atoms with Gasteiger partial charge in [-0.2, -0.15) is 0 Å². The number of ether oxygens (including phenoxy) is 1. The van der Waals surface area contributed by atoms with Crippen LogP contribution in [-0.4, -0.2) is 42.7 Å². The van der Waals surface area contributed by atoms with E-state index in [-0.39, 0.29) is 5.54 Å². The van der Waals surface area contributed by atoms with Gasteiger partial charge < -0.3 is 15.4 Å². The van der Waals surface area contributed by atoms with Crippen LogP contribution in [0.2, 0.25) is 0 Å². The number of rotatable bonds is 4. The van der Waals surface area contributed by atoms with Crippen molar-refractivity contribution in [3.63, 3.8) is 0 Å². The van der Waals surface area contributed by atoms with E-state index in [0.717, 1.165) is 6.54 Å². The smallest absolute Gasteiger partial charge is 0.192 e. The zero-order valence-electron chi connectivity index (χ0n) is 10.4. The second kappa shape index (κ2) is 4.39. The summed E-state index contributed by atoms with van der Waals surface area (Å²) in [5, 5.41) is 0. The van der Waals surface area contributed by atoms with Crippen molar-refractivity contribution in [1.29, 1.82) is 0 Å². The molecule has 0 amide bonds. The lowest BCUT2D eigenvalue weighted by Crippen LogP contribution is -2.60. The van der Waals surface area contributed by atoms with Crippen LogP contribution in [-0.2, 0) is 4.74 Å². The minimum absolute atomic E-state index is 0.0625.